The smallest absolute Gasteiger partial charge is 0.108 e. The molecule has 1 fully saturated rings. The quantitative estimate of drug-likeness (QED) is 0.741. The zero-order chi connectivity index (χ0) is 13.6. The van der Waals surface area contributed by atoms with Crippen LogP contribution in [0.1, 0.15) is 32.6 Å². The van der Waals surface area contributed by atoms with Gasteiger partial charge in [-0.2, -0.15) is 5.26 Å². The molecular formula is C14H28N4. The van der Waals surface area contributed by atoms with Crippen molar-refractivity contribution in [2.24, 2.45) is 0 Å². The van der Waals surface area contributed by atoms with Crippen molar-refractivity contribution in [1.29, 1.82) is 5.26 Å². The first kappa shape index (κ1) is 15.4. The van der Waals surface area contributed by atoms with Gasteiger partial charge in [-0.3, -0.25) is 0 Å². The Balaban J connectivity index is 2.45. The van der Waals surface area contributed by atoms with E-state index in [0.717, 1.165) is 38.9 Å². The number of hydrogen-bond acceptors (Lipinski definition) is 4. The fourth-order valence-electron chi connectivity index (χ4n) is 2.90. The van der Waals surface area contributed by atoms with Crippen LogP contribution in [0.15, 0.2) is 0 Å². The fraction of sp³-hybridized carbons (Fsp3) is 0.929. The van der Waals surface area contributed by atoms with E-state index in [4.69, 9.17) is 0 Å². The fourth-order valence-corrected chi connectivity index (χ4v) is 2.90. The maximum absolute atomic E-state index is 9.30. The molecule has 104 valence electrons. The lowest BCUT2D eigenvalue weighted by molar-refractivity contribution is 0.193. The van der Waals surface area contributed by atoms with E-state index in [9.17, 15) is 5.26 Å². The molecule has 1 saturated carbocycles. The second-order valence-corrected chi connectivity index (χ2v) is 5.63. The van der Waals surface area contributed by atoms with Crippen LogP contribution in [0.4, 0.5) is 0 Å². The first-order valence-corrected chi connectivity index (χ1v) is 7.06. The number of hydrogen-bond donors (Lipinski definition) is 1. The highest BCUT2D eigenvalue weighted by molar-refractivity contribution is 5.12. The normalized spacial score (nSPS) is 27.9. The summed E-state index contributed by atoms with van der Waals surface area (Å²) in [6.45, 7) is 5.59. The Kier molecular flexibility index (Phi) is 6.07. The summed E-state index contributed by atoms with van der Waals surface area (Å²) in [7, 11) is 6.15. The van der Waals surface area contributed by atoms with Crippen LogP contribution in [0.5, 0.6) is 0 Å². The van der Waals surface area contributed by atoms with Gasteiger partial charge in [-0.1, -0.05) is 6.92 Å². The third-order valence-corrected chi connectivity index (χ3v) is 4.15. The molecular weight excluding hydrogens is 224 g/mol. The van der Waals surface area contributed by atoms with Crippen molar-refractivity contribution in [3.63, 3.8) is 0 Å². The van der Waals surface area contributed by atoms with Crippen molar-refractivity contribution >= 4 is 0 Å². The Bertz CT molecular complexity index is 284. The number of nitrogens with zero attached hydrogens (tertiary/aromatic N) is 3. The van der Waals surface area contributed by atoms with Crippen LogP contribution in [-0.4, -0.2) is 62.2 Å². The third-order valence-electron chi connectivity index (χ3n) is 4.15. The maximum atomic E-state index is 9.30. The highest BCUT2D eigenvalue weighted by Gasteiger charge is 2.39. The van der Waals surface area contributed by atoms with Crippen molar-refractivity contribution in [1.82, 2.24) is 15.1 Å². The van der Waals surface area contributed by atoms with Gasteiger partial charge in [-0.25, -0.2) is 0 Å². The lowest BCUT2D eigenvalue weighted by Crippen LogP contribution is -2.42. The van der Waals surface area contributed by atoms with Crippen LogP contribution in [0.2, 0.25) is 0 Å². The lowest BCUT2D eigenvalue weighted by Gasteiger charge is -2.29. The zero-order valence-electron chi connectivity index (χ0n) is 12.4. The summed E-state index contributed by atoms with van der Waals surface area (Å²) in [5.74, 6) is 0. The monoisotopic (exact) mass is 252 g/mol. The Morgan fingerprint density at radius 2 is 2.11 bits per heavy atom. The SMILES string of the molecule is CCN(CCCN(C)C)C1CCC(C#N)(NC)C1. The van der Waals surface area contributed by atoms with Gasteiger partial charge >= 0.3 is 0 Å². The second-order valence-electron chi connectivity index (χ2n) is 5.63. The van der Waals surface area contributed by atoms with Gasteiger partial charge in [0.05, 0.1) is 6.07 Å². The minimum Gasteiger partial charge on any atom is -0.309 e. The van der Waals surface area contributed by atoms with E-state index in [-0.39, 0.29) is 5.54 Å². The largest absolute Gasteiger partial charge is 0.309 e. The minimum absolute atomic E-state index is 0.278. The molecule has 18 heavy (non-hydrogen) atoms. The van der Waals surface area contributed by atoms with Gasteiger partial charge in [0.25, 0.3) is 0 Å². The molecule has 1 N–H and O–H groups in total. The van der Waals surface area contributed by atoms with Crippen molar-refractivity contribution in [2.45, 2.75) is 44.2 Å². The molecule has 1 aliphatic rings. The van der Waals surface area contributed by atoms with Gasteiger partial charge in [-0.05, 0) is 66.5 Å². The van der Waals surface area contributed by atoms with Crippen molar-refractivity contribution in [2.75, 3.05) is 40.8 Å². The highest BCUT2D eigenvalue weighted by Crippen LogP contribution is 2.32. The van der Waals surface area contributed by atoms with Crippen molar-refractivity contribution < 1.29 is 0 Å². The van der Waals surface area contributed by atoms with Crippen LogP contribution in [-0.2, 0) is 0 Å². The molecule has 2 unspecified atom stereocenters. The summed E-state index contributed by atoms with van der Waals surface area (Å²) in [5, 5.41) is 12.5. The molecule has 0 heterocycles. The molecule has 0 amide bonds. The topological polar surface area (TPSA) is 42.3 Å². The molecule has 0 spiro atoms. The molecule has 0 aliphatic heterocycles. The van der Waals surface area contributed by atoms with E-state index < -0.39 is 0 Å². The highest BCUT2D eigenvalue weighted by atomic mass is 15.2. The summed E-state index contributed by atoms with van der Waals surface area (Å²) in [6, 6.07) is 3.04. The first-order chi connectivity index (χ1) is 8.56. The van der Waals surface area contributed by atoms with E-state index >= 15 is 0 Å². The Hall–Kier alpha value is -0.630. The lowest BCUT2D eigenvalue weighted by atomic mass is 10.00. The molecule has 0 aromatic carbocycles. The van der Waals surface area contributed by atoms with E-state index in [1.165, 1.54) is 6.42 Å². The number of rotatable bonds is 7. The van der Waals surface area contributed by atoms with Crippen molar-refractivity contribution in [3.8, 4) is 6.07 Å². The first-order valence-electron chi connectivity index (χ1n) is 7.06. The molecule has 0 saturated heterocycles. The predicted molar refractivity (Wildman–Crippen MR) is 75.5 cm³/mol. The van der Waals surface area contributed by atoms with Gasteiger partial charge in [0.2, 0.25) is 0 Å². The van der Waals surface area contributed by atoms with Gasteiger partial charge in [0.1, 0.15) is 5.54 Å². The summed E-state index contributed by atoms with van der Waals surface area (Å²) in [6.07, 6.45) is 4.30. The molecule has 0 radical (unpaired) electrons. The molecule has 4 nitrogen and oxygen atoms in total. The van der Waals surface area contributed by atoms with E-state index in [2.05, 4.69) is 42.2 Å². The maximum Gasteiger partial charge on any atom is 0.108 e. The zero-order valence-corrected chi connectivity index (χ0v) is 12.4. The Morgan fingerprint density at radius 1 is 1.39 bits per heavy atom. The summed E-state index contributed by atoms with van der Waals surface area (Å²) in [4.78, 5) is 4.77. The summed E-state index contributed by atoms with van der Waals surface area (Å²) >= 11 is 0. The van der Waals surface area contributed by atoms with E-state index in [0.29, 0.717) is 6.04 Å². The molecule has 1 aliphatic carbocycles. The van der Waals surface area contributed by atoms with Gasteiger partial charge in [0.15, 0.2) is 0 Å². The molecule has 1 rings (SSSR count). The van der Waals surface area contributed by atoms with Crippen LogP contribution in [0.25, 0.3) is 0 Å². The summed E-state index contributed by atoms with van der Waals surface area (Å²) in [5.41, 5.74) is -0.278. The third kappa shape index (κ3) is 3.94. The van der Waals surface area contributed by atoms with Crippen LogP contribution in [0.3, 0.4) is 0 Å². The van der Waals surface area contributed by atoms with Crippen LogP contribution >= 0.6 is 0 Å². The number of nitriles is 1. The van der Waals surface area contributed by atoms with Crippen molar-refractivity contribution in [3.05, 3.63) is 0 Å². The van der Waals surface area contributed by atoms with E-state index in [1.807, 2.05) is 7.05 Å². The minimum atomic E-state index is -0.278. The Labute approximate surface area is 112 Å². The predicted octanol–water partition coefficient (Wildman–Crippen LogP) is 1.29. The second kappa shape index (κ2) is 7.08. The standard InChI is InChI=1S/C14H28N4/c1-5-18(10-6-9-17(3)4)13-7-8-14(11-13,12-15)16-2/h13,16H,5-11H2,1-4H3. The van der Waals surface area contributed by atoms with E-state index in [1.54, 1.807) is 0 Å². The van der Waals surface area contributed by atoms with Gasteiger partial charge in [-0.15, -0.1) is 0 Å². The van der Waals surface area contributed by atoms with Gasteiger partial charge < -0.3 is 15.1 Å². The average Bonchev–Trinajstić information content (AvgIpc) is 2.79. The molecule has 0 aromatic rings. The molecule has 0 bridgehead atoms. The molecule has 4 heteroatoms. The van der Waals surface area contributed by atoms with Gasteiger partial charge in [0, 0.05) is 6.04 Å². The molecule has 2 atom stereocenters. The Morgan fingerprint density at radius 3 is 2.56 bits per heavy atom. The van der Waals surface area contributed by atoms with Crippen LogP contribution in [0, 0.1) is 11.3 Å². The average molecular weight is 252 g/mol. The van der Waals surface area contributed by atoms with Crippen LogP contribution < -0.4 is 5.32 Å². The molecule has 0 aromatic heterocycles. The number of nitrogens with one attached hydrogen (secondary N) is 1. The summed E-state index contributed by atoms with van der Waals surface area (Å²) < 4.78 is 0.